The number of halogens is 1. The van der Waals surface area contributed by atoms with Crippen molar-refractivity contribution in [3.05, 3.63) is 70.7 Å². The predicted molar refractivity (Wildman–Crippen MR) is 86.3 cm³/mol. The van der Waals surface area contributed by atoms with Gasteiger partial charge in [-0.05, 0) is 36.1 Å². The van der Waals surface area contributed by atoms with Gasteiger partial charge >= 0.3 is 0 Å². The maximum Gasteiger partial charge on any atom is 0.237 e. The van der Waals surface area contributed by atoms with E-state index in [-0.39, 0.29) is 5.91 Å². The number of carbonyl (C=O) groups excluding carboxylic acids is 1. The molecule has 0 heterocycles. The van der Waals surface area contributed by atoms with Crippen molar-refractivity contribution in [2.75, 3.05) is 6.54 Å². The fraction of sp³-hybridized carbons (Fsp3) is 0.235. The van der Waals surface area contributed by atoms with Crippen LogP contribution in [0.5, 0.6) is 0 Å². The molecule has 2 aromatic carbocycles. The second kappa shape index (κ2) is 7.81. The van der Waals surface area contributed by atoms with Gasteiger partial charge in [0.05, 0.1) is 6.04 Å². The van der Waals surface area contributed by atoms with Gasteiger partial charge in [0, 0.05) is 11.6 Å². The summed E-state index contributed by atoms with van der Waals surface area (Å²) < 4.78 is 0. The van der Waals surface area contributed by atoms with E-state index in [1.807, 2.05) is 54.6 Å². The molecule has 21 heavy (non-hydrogen) atoms. The van der Waals surface area contributed by atoms with Crippen molar-refractivity contribution < 1.29 is 4.79 Å². The molecule has 2 aromatic rings. The highest BCUT2D eigenvalue weighted by Gasteiger charge is 2.13. The van der Waals surface area contributed by atoms with E-state index in [1.165, 1.54) is 0 Å². The first kappa shape index (κ1) is 15.5. The lowest BCUT2D eigenvalue weighted by molar-refractivity contribution is -0.122. The van der Waals surface area contributed by atoms with Crippen LogP contribution in [-0.4, -0.2) is 18.5 Å². The summed E-state index contributed by atoms with van der Waals surface area (Å²) in [6.07, 6.45) is 1.31. The number of rotatable bonds is 6. The number of hydrogen-bond acceptors (Lipinski definition) is 2. The zero-order valence-corrected chi connectivity index (χ0v) is 12.5. The van der Waals surface area contributed by atoms with Gasteiger partial charge in [-0.1, -0.05) is 54.1 Å². The third kappa shape index (κ3) is 5.21. The molecule has 0 unspecified atom stereocenters. The van der Waals surface area contributed by atoms with Gasteiger partial charge in [-0.3, -0.25) is 4.79 Å². The van der Waals surface area contributed by atoms with Gasteiger partial charge < -0.3 is 11.1 Å². The van der Waals surface area contributed by atoms with Crippen LogP contribution in [0, 0.1) is 0 Å². The maximum absolute atomic E-state index is 11.9. The highest BCUT2D eigenvalue weighted by Crippen LogP contribution is 2.09. The molecule has 2 rings (SSSR count). The Balaban J connectivity index is 1.75. The summed E-state index contributed by atoms with van der Waals surface area (Å²) in [7, 11) is 0. The summed E-state index contributed by atoms with van der Waals surface area (Å²) in [5, 5.41) is 3.58. The molecule has 0 aliphatic carbocycles. The van der Waals surface area contributed by atoms with Crippen molar-refractivity contribution in [2.45, 2.75) is 18.9 Å². The normalized spacial score (nSPS) is 11.9. The molecule has 0 bridgehead atoms. The fourth-order valence-corrected chi connectivity index (χ4v) is 2.20. The van der Waals surface area contributed by atoms with Crippen molar-refractivity contribution >= 4 is 17.5 Å². The Bertz CT molecular complexity index is 569. The summed E-state index contributed by atoms with van der Waals surface area (Å²) >= 11 is 5.83. The van der Waals surface area contributed by atoms with Crippen molar-refractivity contribution in [1.82, 2.24) is 5.32 Å². The van der Waals surface area contributed by atoms with Crippen LogP contribution in [0.15, 0.2) is 54.6 Å². The molecule has 3 nitrogen and oxygen atoms in total. The predicted octanol–water partition coefficient (Wildman–Crippen LogP) is 2.57. The minimum absolute atomic E-state index is 0.118. The van der Waals surface area contributed by atoms with E-state index in [4.69, 9.17) is 17.3 Å². The first-order valence-electron chi connectivity index (χ1n) is 6.97. The number of benzene rings is 2. The molecular formula is C17H19ClN2O. The van der Waals surface area contributed by atoms with Gasteiger partial charge in [-0.15, -0.1) is 0 Å². The number of carbonyl (C=O) groups is 1. The van der Waals surface area contributed by atoms with E-state index in [0.717, 1.165) is 17.5 Å². The Labute approximate surface area is 130 Å². The molecule has 1 atom stereocenters. The first-order valence-corrected chi connectivity index (χ1v) is 7.34. The Hall–Kier alpha value is -1.84. The highest BCUT2D eigenvalue weighted by molar-refractivity contribution is 6.30. The summed E-state index contributed by atoms with van der Waals surface area (Å²) in [5.41, 5.74) is 8.12. The molecule has 0 fully saturated rings. The number of nitrogens with one attached hydrogen (secondary N) is 1. The molecule has 0 radical (unpaired) electrons. The molecule has 110 valence electrons. The van der Waals surface area contributed by atoms with E-state index in [2.05, 4.69) is 5.32 Å². The third-order valence-electron chi connectivity index (χ3n) is 3.26. The van der Waals surface area contributed by atoms with E-state index < -0.39 is 6.04 Å². The Morgan fingerprint density at radius 2 is 1.71 bits per heavy atom. The number of hydrogen-bond donors (Lipinski definition) is 2. The van der Waals surface area contributed by atoms with Crippen molar-refractivity contribution in [3.8, 4) is 0 Å². The van der Waals surface area contributed by atoms with Crippen LogP contribution in [0.1, 0.15) is 11.1 Å². The lowest BCUT2D eigenvalue weighted by Gasteiger charge is -2.12. The smallest absolute Gasteiger partial charge is 0.237 e. The Morgan fingerprint density at radius 1 is 1.05 bits per heavy atom. The highest BCUT2D eigenvalue weighted by atomic mass is 35.5. The second-order valence-corrected chi connectivity index (χ2v) is 5.40. The zero-order chi connectivity index (χ0) is 15.1. The van der Waals surface area contributed by atoms with Gasteiger partial charge in [0.25, 0.3) is 0 Å². The standard InChI is InChI=1S/C17H19ClN2O/c18-15-8-6-13(7-9-15)10-11-20-17(21)16(19)12-14-4-2-1-3-5-14/h1-9,16H,10-12,19H2,(H,20,21)/t16-/m1/s1. The zero-order valence-electron chi connectivity index (χ0n) is 11.8. The topological polar surface area (TPSA) is 55.1 Å². The van der Waals surface area contributed by atoms with Gasteiger partial charge in [0.15, 0.2) is 0 Å². The average molecular weight is 303 g/mol. The number of amides is 1. The Kier molecular flexibility index (Phi) is 5.78. The van der Waals surface area contributed by atoms with E-state index in [1.54, 1.807) is 0 Å². The molecule has 3 N–H and O–H groups in total. The quantitative estimate of drug-likeness (QED) is 0.861. The van der Waals surface area contributed by atoms with Crippen LogP contribution >= 0.6 is 11.6 Å². The van der Waals surface area contributed by atoms with E-state index >= 15 is 0 Å². The van der Waals surface area contributed by atoms with Gasteiger partial charge in [-0.25, -0.2) is 0 Å². The van der Waals surface area contributed by atoms with Crippen LogP contribution in [-0.2, 0) is 17.6 Å². The lowest BCUT2D eigenvalue weighted by Crippen LogP contribution is -2.42. The van der Waals surface area contributed by atoms with Crippen LogP contribution in [0.4, 0.5) is 0 Å². The van der Waals surface area contributed by atoms with Gasteiger partial charge in [0.1, 0.15) is 0 Å². The van der Waals surface area contributed by atoms with Crippen LogP contribution in [0.3, 0.4) is 0 Å². The molecule has 0 saturated carbocycles. The van der Waals surface area contributed by atoms with Crippen molar-refractivity contribution in [2.24, 2.45) is 5.73 Å². The number of nitrogens with two attached hydrogens (primary N) is 1. The SMILES string of the molecule is N[C@H](Cc1ccccc1)C(=O)NCCc1ccc(Cl)cc1. The lowest BCUT2D eigenvalue weighted by atomic mass is 10.1. The fourth-order valence-electron chi connectivity index (χ4n) is 2.07. The largest absolute Gasteiger partial charge is 0.354 e. The molecule has 4 heteroatoms. The van der Waals surface area contributed by atoms with Crippen molar-refractivity contribution in [1.29, 1.82) is 0 Å². The van der Waals surface area contributed by atoms with Gasteiger partial charge in [0.2, 0.25) is 5.91 Å². The summed E-state index contributed by atoms with van der Waals surface area (Å²) in [6, 6.07) is 16.9. The monoisotopic (exact) mass is 302 g/mol. The third-order valence-corrected chi connectivity index (χ3v) is 3.51. The van der Waals surface area contributed by atoms with Gasteiger partial charge in [-0.2, -0.15) is 0 Å². The Morgan fingerprint density at radius 3 is 2.38 bits per heavy atom. The summed E-state index contributed by atoms with van der Waals surface area (Å²) in [6.45, 7) is 0.572. The molecule has 1 amide bonds. The average Bonchev–Trinajstić information content (AvgIpc) is 2.50. The molecule has 0 aliphatic heterocycles. The molecule has 0 aliphatic rings. The summed E-state index contributed by atoms with van der Waals surface area (Å²) in [5.74, 6) is -0.118. The molecule has 0 aromatic heterocycles. The van der Waals surface area contributed by atoms with E-state index in [0.29, 0.717) is 18.0 Å². The molecular weight excluding hydrogens is 284 g/mol. The molecule has 0 saturated heterocycles. The minimum Gasteiger partial charge on any atom is -0.354 e. The first-order chi connectivity index (χ1) is 10.1. The van der Waals surface area contributed by atoms with Crippen LogP contribution in [0.25, 0.3) is 0 Å². The minimum atomic E-state index is -0.516. The van der Waals surface area contributed by atoms with Crippen LogP contribution < -0.4 is 11.1 Å². The summed E-state index contributed by atoms with van der Waals surface area (Å²) in [4.78, 5) is 11.9. The maximum atomic E-state index is 11.9. The van der Waals surface area contributed by atoms with Crippen molar-refractivity contribution in [3.63, 3.8) is 0 Å². The van der Waals surface area contributed by atoms with E-state index in [9.17, 15) is 4.79 Å². The second-order valence-electron chi connectivity index (χ2n) is 4.96. The van der Waals surface area contributed by atoms with Crippen LogP contribution in [0.2, 0.25) is 5.02 Å². The molecule has 0 spiro atoms.